The summed E-state index contributed by atoms with van der Waals surface area (Å²) in [5, 5.41) is 10.2. The molecule has 0 spiro atoms. The molecule has 1 aliphatic heterocycles. The molecule has 2 aliphatic carbocycles. The first-order valence-electron chi connectivity index (χ1n) is 7.44. The van der Waals surface area contributed by atoms with Gasteiger partial charge in [-0.1, -0.05) is 13.2 Å². The van der Waals surface area contributed by atoms with Crippen LogP contribution in [0.2, 0.25) is 0 Å². The molecule has 0 aromatic rings. The Bertz CT molecular complexity index is 539. The Morgan fingerprint density at radius 2 is 2.00 bits per heavy atom. The number of esters is 2. The first kappa shape index (κ1) is 15.1. The molecule has 2 saturated carbocycles. The lowest BCUT2D eigenvalue weighted by molar-refractivity contribution is -0.157. The van der Waals surface area contributed by atoms with E-state index in [1.54, 1.807) is 6.92 Å². The van der Waals surface area contributed by atoms with Crippen molar-refractivity contribution in [3.05, 3.63) is 24.5 Å². The fourth-order valence-electron chi connectivity index (χ4n) is 3.99. The highest BCUT2D eigenvalue weighted by Crippen LogP contribution is 2.60. The van der Waals surface area contributed by atoms with Crippen molar-refractivity contribution in [1.82, 2.24) is 0 Å². The van der Waals surface area contributed by atoms with E-state index in [1.807, 2.05) is 0 Å². The third kappa shape index (κ3) is 2.22. The standard InChI is InChI=1S/C16H20O6/c1-7(2)15(18)20-4-5-21-16(19)12-9-6-10-11(12)8(3)22-14(10)13(9)17/h9-14,17H,1,3-6H2,2H3. The maximum absolute atomic E-state index is 12.3. The number of ether oxygens (including phenoxy) is 3. The summed E-state index contributed by atoms with van der Waals surface area (Å²) in [5.41, 5.74) is 0.299. The number of hydrogen-bond acceptors (Lipinski definition) is 6. The molecule has 22 heavy (non-hydrogen) atoms. The van der Waals surface area contributed by atoms with Crippen molar-refractivity contribution in [3.63, 3.8) is 0 Å². The fourth-order valence-corrected chi connectivity index (χ4v) is 3.99. The van der Waals surface area contributed by atoms with Crippen molar-refractivity contribution in [2.24, 2.45) is 23.7 Å². The van der Waals surface area contributed by atoms with Gasteiger partial charge in [-0.05, 0) is 13.3 Å². The summed E-state index contributed by atoms with van der Waals surface area (Å²) >= 11 is 0. The zero-order valence-corrected chi connectivity index (χ0v) is 12.5. The van der Waals surface area contributed by atoms with Gasteiger partial charge in [-0.15, -0.1) is 0 Å². The fraction of sp³-hybridized carbons (Fsp3) is 0.625. The van der Waals surface area contributed by atoms with Gasteiger partial charge in [0.05, 0.1) is 17.8 Å². The molecular weight excluding hydrogens is 288 g/mol. The Kier molecular flexibility index (Phi) is 3.72. The summed E-state index contributed by atoms with van der Waals surface area (Å²) in [4.78, 5) is 23.5. The molecule has 6 heteroatoms. The topological polar surface area (TPSA) is 82.1 Å². The highest BCUT2D eigenvalue weighted by Gasteiger charge is 2.66. The van der Waals surface area contributed by atoms with Crippen LogP contribution in [0.5, 0.6) is 0 Å². The van der Waals surface area contributed by atoms with Gasteiger partial charge < -0.3 is 19.3 Å². The van der Waals surface area contributed by atoms with E-state index in [-0.39, 0.29) is 43.0 Å². The second-order valence-electron chi connectivity index (χ2n) is 6.24. The van der Waals surface area contributed by atoms with Crippen LogP contribution in [0.25, 0.3) is 0 Å². The number of rotatable bonds is 5. The minimum Gasteiger partial charge on any atom is -0.492 e. The van der Waals surface area contributed by atoms with Gasteiger partial charge in [-0.2, -0.15) is 0 Å². The Morgan fingerprint density at radius 1 is 1.32 bits per heavy atom. The smallest absolute Gasteiger partial charge is 0.333 e. The Labute approximate surface area is 128 Å². The summed E-state index contributed by atoms with van der Waals surface area (Å²) in [6.45, 7) is 8.86. The number of aliphatic hydroxyl groups is 1. The molecule has 3 fully saturated rings. The lowest BCUT2D eigenvalue weighted by atomic mass is 9.78. The summed E-state index contributed by atoms with van der Waals surface area (Å²) in [6.07, 6.45) is -0.0951. The largest absolute Gasteiger partial charge is 0.492 e. The molecule has 6 atom stereocenters. The number of allylic oxidation sites excluding steroid dienone is 1. The Hall–Kier alpha value is -1.82. The van der Waals surface area contributed by atoms with Gasteiger partial charge in [0.15, 0.2) is 0 Å². The third-order valence-electron chi connectivity index (χ3n) is 4.89. The van der Waals surface area contributed by atoms with E-state index in [9.17, 15) is 14.7 Å². The van der Waals surface area contributed by atoms with Crippen molar-refractivity contribution < 1.29 is 28.9 Å². The minimum atomic E-state index is -0.640. The van der Waals surface area contributed by atoms with Crippen molar-refractivity contribution in [3.8, 4) is 0 Å². The molecule has 6 nitrogen and oxygen atoms in total. The molecule has 6 unspecified atom stereocenters. The molecule has 0 aromatic heterocycles. The van der Waals surface area contributed by atoms with Crippen LogP contribution >= 0.6 is 0 Å². The second-order valence-corrected chi connectivity index (χ2v) is 6.24. The predicted octanol–water partition coefficient (Wildman–Crippen LogP) is 0.804. The molecule has 1 N–H and O–H groups in total. The summed E-state index contributed by atoms with van der Waals surface area (Å²) < 4.78 is 15.7. The monoisotopic (exact) mass is 308 g/mol. The number of carbonyl (C=O) groups is 2. The zero-order valence-electron chi connectivity index (χ0n) is 12.5. The first-order valence-corrected chi connectivity index (χ1v) is 7.44. The van der Waals surface area contributed by atoms with Crippen molar-refractivity contribution in [2.45, 2.75) is 25.6 Å². The molecule has 3 aliphatic rings. The number of fused-ring (bicyclic) bond motifs is 1. The highest BCUT2D eigenvalue weighted by molar-refractivity contribution is 5.86. The van der Waals surface area contributed by atoms with E-state index in [2.05, 4.69) is 13.2 Å². The van der Waals surface area contributed by atoms with Crippen LogP contribution in [0, 0.1) is 23.7 Å². The predicted molar refractivity (Wildman–Crippen MR) is 75.3 cm³/mol. The van der Waals surface area contributed by atoms with Crippen molar-refractivity contribution in [2.75, 3.05) is 13.2 Å². The normalized spacial score (nSPS) is 37.8. The van der Waals surface area contributed by atoms with E-state index in [1.165, 1.54) is 0 Å². The van der Waals surface area contributed by atoms with Crippen molar-refractivity contribution in [1.29, 1.82) is 0 Å². The molecule has 1 saturated heterocycles. The number of carbonyl (C=O) groups excluding carboxylic acids is 2. The van der Waals surface area contributed by atoms with E-state index in [0.717, 1.165) is 6.42 Å². The quantitative estimate of drug-likeness (QED) is 0.460. The van der Waals surface area contributed by atoms with E-state index in [4.69, 9.17) is 14.2 Å². The van der Waals surface area contributed by atoms with Crippen LogP contribution < -0.4 is 0 Å². The lowest BCUT2D eigenvalue weighted by Gasteiger charge is -2.27. The van der Waals surface area contributed by atoms with Crippen LogP contribution in [0.4, 0.5) is 0 Å². The number of aliphatic hydroxyl groups excluding tert-OH is 1. The maximum Gasteiger partial charge on any atom is 0.333 e. The van der Waals surface area contributed by atoms with Gasteiger partial charge in [0.1, 0.15) is 19.3 Å². The van der Waals surface area contributed by atoms with Crippen LogP contribution in [0.1, 0.15) is 13.3 Å². The maximum atomic E-state index is 12.3. The molecule has 0 aromatic carbocycles. The molecule has 3 rings (SSSR count). The molecule has 120 valence electrons. The van der Waals surface area contributed by atoms with Crippen LogP contribution in [-0.2, 0) is 23.8 Å². The lowest BCUT2D eigenvalue weighted by Crippen LogP contribution is -2.41. The van der Waals surface area contributed by atoms with Gasteiger partial charge >= 0.3 is 11.9 Å². The molecule has 1 heterocycles. The van der Waals surface area contributed by atoms with E-state index in [0.29, 0.717) is 11.3 Å². The van der Waals surface area contributed by atoms with Crippen LogP contribution in [0.3, 0.4) is 0 Å². The van der Waals surface area contributed by atoms with E-state index < -0.39 is 18.0 Å². The van der Waals surface area contributed by atoms with Gasteiger partial charge in [0.25, 0.3) is 0 Å². The third-order valence-corrected chi connectivity index (χ3v) is 4.89. The Balaban J connectivity index is 1.54. The average molecular weight is 308 g/mol. The summed E-state index contributed by atoms with van der Waals surface area (Å²) in [6, 6.07) is 0. The molecule has 0 amide bonds. The first-order chi connectivity index (χ1) is 10.4. The van der Waals surface area contributed by atoms with Gasteiger partial charge in [0.2, 0.25) is 0 Å². The second kappa shape index (κ2) is 5.43. The van der Waals surface area contributed by atoms with Crippen LogP contribution in [-0.4, -0.2) is 42.5 Å². The average Bonchev–Trinajstić information content (AvgIpc) is 3.07. The summed E-state index contributed by atoms with van der Waals surface area (Å²) in [5.74, 6) is -0.771. The zero-order chi connectivity index (χ0) is 16.0. The summed E-state index contributed by atoms with van der Waals surface area (Å²) in [7, 11) is 0. The molecule has 0 radical (unpaired) electrons. The van der Waals surface area contributed by atoms with Crippen molar-refractivity contribution >= 4 is 11.9 Å². The molecule has 2 bridgehead atoms. The number of hydrogen-bond donors (Lipinski definition) is 1. The van der Waals surface area contributed by atoms with Gasteiger partial charge in [-0.3, -0.25) is 4.79 Å². The van der Waals surface area contributed by atoms with E-state index >= 15 is 0 Å². The minimum absolute atomic E-state index is 0.00839. The highest BCUT2D eigenvalue weighted by atomic mass is 16.6. The SMILES string of the molecule is C=C(C)C(=O)OCCOC(=O)C1C2CC3C(OC(=C)C31)C2O. The Morgan fingerprint density at radius 3 is 2.68 bits per heavy atom. The van der Waals surface area contributed by atoms with Gasteiger partial charge in [-0.25, -0.2) is 4.79 Å². The molecular formula is C16H20O6. The van der Waals surface area contributed by atoms with Gasteiger partial charge in [0, 0.05) is 23.3 Å². The van der Waals surface area contributed by atoms with Crippen LogP contribution in [0.15, 0.2) is 24.5 Å².